The topological polar surface area (TPSA) is 57.6 Å². The van der Waals surface area contributed by atoms with E-state index in [0.717, 1.165) is 0 Å². The summed E-state index contributed by atoms with van der Waals surface area (Å²) >= 11 is 5.82. The van der Waals surface area contributed by atoms with Crippen LogP contribution in [0.3, 0.4) is 0 Å². The molecule has 1 N–H and O–H groups in total. The molecule has 0 amide bonds. The molecule has 0 aliphatic carbocycles. The summed E-state index contributed by atoms with van der Waals surface area (Å²) in [6.45, 7) is -0.175. The van der Waals surface area contributed by atoms with Crippen molar-refractivity contribution in [2.45, 2.75) is 12.5 Å². The van der Waals surface area contributed by atoms with E-state index in [0.29, 0.717) is 17.1 Å². The molecule has 1 saturated heterocycles. The standard InChI is InChI=1S/C10H12ClNO3S/c11-8-2-1-3-9(6-8)12-10(7-13)4-5-16(12,14)15/h1-3,6,10,13H,4-5,7H2. The van der Waals surface area contributed by atoms with Crippen LogP contribution in [0.4, 0.5) is 5.69 Å². The van der Waals surface area contributed by atoms with E-state index in [1.54, 1.807) is 24.3 Å². The van der Waals surface area contributed by atoms with Crippen molar-refractivity contribution in [3.05, 3.63) is 29.3 Å². The van der Waals surface area contributed by atoms with E-state index in [4.69, 9.17) is 16.7 Å². The van der Waals surface area contributed by atoms with Crippen LogP contribution in [0.1, 0.15) is 6.42 Å². The van der Waals surface area contributed by atoms with Crippen molar-refractivity contribution in [1.29, 1.82) is 0 Å². The molecule has 0 bridgehead atoms. The Morgan fingerprint density at radius 1 is 1.50 bits per heavy atom. The zero-order valence-electron chi connectivity index (χ0n) is 8.51. The second kappa shape index (κ2) is 4.24. The van der Waals surface area contributed by atoms with Crippen LogP contribution in [0.15, 0.2) is 24.3 Å². The van der Waals surface area contributed by atoms with Crippen LogP contribution in [0.5, 0.6) is 0 Å². The third-order valence-corrected chi connectivity index (χ3v) is 4.71. The second-order valence-corrected chi connectivity index (χ2v) is 6.12. The van der Waals surface area contributed by atoms with Crippen molar-refractivity contribution in [2.24, 2.45) is 0 Å². The summed E-state index contributed by atoms with van der Waals surface area (Å²) in [6.07, 6.45) is 0.450. The fourth-order valence-electron chi connectivity index (χ4n) is 1.88. The lowest BCUT2D eigenvalue weighted by Crippen LogP contribution is -2.35. The van der Waals surface area contributed by atoms with Gasteiger partial charge < -0.3 is 5.11 Å². The van der Waals surface area contributed by atoms with Crippen molar-refractivity contribution in [1.82, 2.24) is 0 Å². The second-order valence-electron chi connectivity index (χ2n) is 3.72. The lowest BCUT2D eigenvalue weighted by Gasteiger charge is -2.23. The smallest absolute Gasteiger partial charge is 0.235 e. The van der Waals surface area contributed by atoms with Crippen molar-refractivity contribution >= 4 is 27.3 Å². The number of hydrogen-bond donors (Lipinski definition) is 1. The number of benzene rings is 1. The van der Waals surface area contributed by atoms with Crippen LogP contribution in [0.25, 0.3) is 0 Å². The van der Waals surface area contributed by atoms with Gasteiger partial charge in [0.2, 0.25) is 10.0 Å². The summed E-state index contributed by atoms with van der Waals surface area (Å²) < 4.78 is 24.9. The normalized spacial score (nSPS) is 23.6. The maximum Gasteiger partial charge on any atom is 0.235 e. The number of aliphatic hydroxyl groups is 1. The SMILES string of the molecule is O=S1(=O)CCC(CO)N1c1cccc(Cl)c1. The quantitative estimate of drug-likeness (QED) is 0.872. The van der Waals surface area contributed by atoms with Gasteiger partial charge in [-0.1, -0.05) is 17.7 Å². The average molecular weight is 262 g/mol. The lowest BCUT2D eigenvalue weighted by molar-refractivity contribution is 0.269. The fraction of sp³-hybridized carbons (Fsp3) is 0.400. The number of sulfonamides is 1. The van der Waals surface area contributed by atoms with E-state index < -0.39 is 10.0 Å². The monoisotopic (exact) mass is 261 g/mol. The van der Waals surface area contributed by atoms with Crippen LogP contribution < -0.4 is 4.31 Å². The van der Waals surface area contributed by atoms with Gasteiger partial charge in [-0.25, -0.2) is 8.42 Å². The lowest BCUT2D eigenvalue weighted by atomic mass is 10.2. The van der Waals surface area contributed by atoms with Crippen LogP contribution in [-0.4, -0.2) is 31.9 Å². The van der Waals surface area contributed by atoms with Gasteiger partial charge in [0, 0.05) is 5.02 Å². The molecule has 0 saturated carbocycles. The van der Waals surface area contributed by atoms with Gasteiger partial charge in [0.1, 0.15) is 0 Å². The van der Waals surface area contributed by atoms with Crippen molar-refractivity contribution in [2.75, 3.05) is 16.7 Å². The van der Waals surface area contributed by atoms with E-state index in [2.05, 4.69) is 0 Å². The van der Waals surface area contributed by atoms with Crippen LogP contribution in [0, 0.1) is 0 Å². The van der Waals surface area contributed by atoms with Gasteiger partial charge in [0.05, 0.1) is 24.1 Å². The molecule has 1 aromatic rings. The molecule has 16 heavy (non-hydrogen) atoms. The molecule has 1 aliphatic rings. The number of rotatable bonds is 2. The number of halogens is 1. The largest absolute Gasteiger partial charge is 0.394 e. The van der Waals surface area contributed by atoms with Gasteiger partial charge in [-0.3, -0.25) is 4.31 Å². The van der Waals surface area contributed by atoms with Gasteiger partial charge in [-0.15, -0.1) is 0 Å². The maximum atomic E-state index is 11.8. The van der Waals surface area contributed by atoms with E-state index in [9.17, 15) is 8.42 Å². The fourth-order valence-corrected chi connectivity index (χ4v) is 3.89. The minimum atomic E-state index is -3.30. The van der Waals surface area contributed by atoms with Gasteiger partial charge in [-0.05, 0) is 24.6 Å². The van der Waals surface area contributed by atoms with Crippen molar-refractivity contribution in [3.8, 4) is 0 Å². The molecule has 2 rings (SSSR count). The highest BCUT2D eigenvalue weighted by Gasteiger charge is 2.36. The Morgan fingerprint density at radius 3 is 2.88 bits per heavy atom. The third-order valence-electron chi connectivity index (χ3n) is 2.61. The van der Waals surface area contributed by atoms with Gasteiger partial charge in [0.15, 0.2) is 0 Å². The predicted molar refractivity (Wildman–Crippen MR) is 63.2 cm³/mol. The Balaban J connectivity index is 2.44. The highest BCUT2D eigenvalue weighted by molar-refractivity contribution is 7.93. The first-order chi connectivity index (χ1) is 7.54. The molecule has 1 aliphatic heterocycles. The minimum absolute atomic E-state index is 0.0741. The van der Waals surface area contributed by atoms with Crippen molar-refractivity contribution < 1.29 is 13.5 Å². The first kappa shape index (κ1) is 11.7. The Morgan fingerprint density at radius 2 is 2.25 bits per heavy atom. The highest BCUT2D eigenvalue weighted by atomic mass is 35.5. The Hall–Kier alpha value is -0.780. The van der Waals surface area contributed by atoms with E-state index in [1.807, 2.05) is 0 Å². The molecule has 1 atom stereocenters. The summed E-state index contributed by atoms with van der Waals surface area (Å²) in [5.41, 5.74) is 0.518. The molecule has 1 unspecified atom stereocenters. The molecule has 0 spiro atoms. The van der Waals surface area contributed by atoms with Crippen molar-refractivity contribution in [3.63, 3.8) is 0 Å². The summed E-state index contributed by atoms with van der Waals surface area (Å²) in [5, 5.41) is 9.64. The maximum absolute atomic E-state index is 11.8. The third kappa shape index (κ3) is 2.03. The van der Waals surface area contributed by atoms with Crippen LogP contribution in [0.2, 0.25) is 5.02 Å². The number of hydrogen-bond acceptors (Lipinski definition) is 3. The van der Waals surface area contributed by atoms with Crippen LogP contribution >= 0.6 is 11.6 Å². The van der Waals surface area contributed by atoms with Gasteiger partial charge in [-0.2, -0.15) is 0 Å². The zero-order valence-corrected chi connectivity index (χ0v) is 10.1. The molecule has 1 aromatic carbocycles. The summed E-state index contributed by atoms with van der Waals surface area (Å²) in [6, 6.07) is 6.27. The van der Waals surface area contributed by atoms with Crippen LogP contribution in [-0.2, 0) is 10.0 Å². The summed E-state index contributed by atoms with van der Waals surface area (Å²) in [5.74, 6) is 0.0741. The molecular weight excluding hydrogens is 250 g/mol. The number of anilines is 1. The molecule has 1 heterocycles. The molecule has 88 valence electrons. The van der Waals surface area contributed by atoms with E-state index >= 15 is 0 Å². The molecule has 0 radical (unpaired) electrons. The average Bonchev–Trinajstić information content (AvgIpc) is 2.53. The molecule has 0 aromatic heterocycles. The Labute approximate surface area is 99.5 Å². The minimum Gasteiger partial charge on any atom is -0.394 e. The first-order valence-electron chi connectivity index (χ1n) is 4.93. The molecule has 4 nitrogen and oxygen atoms in total. The highest BCUT2D eigenvalue weighted by Crippen LogP contribution is 2.30. The van der Waals surface area contributed by atoms with Gasteiger partial charge in [0.25, 0.3) is 0 Å². The summed E-state index contributed by atoms with van der Waals surface area (Å²) in [7, 11) is -3.30. The number of nitrogens with zero attached hydrogens (tertiary/aromatic N) is 1. The molecular formula is C10H12ClNO3S. The number of aliphatic hydroxyl groups excluding tert-OH is 1. The molecule has 1 fully saturated rings. The summed E-state index contributed by atoms with van der Waals surface area (Å²) in [4.78, 5) is 0. The Bertz CT molecular complexity index is 489. The molecule has 6 heteroatoms. The zero-order chi connectivity index (χ0) is 11.8. The van der Waals surface area contributed by atoms with E-state index in [-0.39, 0.29) is 18.4 Å². The Kier molecular flexibility index (Phi) is 3.10. The predicted octanol–water partition coefficient (Wildman–Crippen LogP) is 1.24. The van der Waals surface area contributed by atoms with Gasteiger partial charge >= 0.3 is 0 Å². The first-order valence-corrected chi connectivity index (χ1v) is 6.92. The van der Waals surface area contributed by atoms with E-state index in [1.165, 1.54) is 4.31 Å².